The first-order chi connectivity index (χ1) is 9.53. The topological polar surface area (TPSA) is 46.2 Å². The predicted octanol–water partition coefficient (Wildman–Crippen LogP) is 2.61. The molecule has 1 aliphatic carbocycles. The Balaban J connectivity index is 1.73. The van der Waals surface area contributed by atoms with Crippen molar-refractivity contribution < 1.29 is 8.42 Å². The van der Waals surface area contributed by atoms with Crippen molar-refractivity contribution in [3.8, 4) is 0 Å². The molecule has 1 saturated heterocycles. The van der Waals surface area contributed by atoms with E-state index in [-0.39, 0.29) is 6.04 Å². The molecule has 2 fully saturated rings. The van der Waals surface area contributed by atoms with Crippen LogP contribution in [0, 0.1) is 12.8 Å². The summed E-state index contributed by atoms with van der Waals surface area (Å²) in [6, 6.07) is 9.11. The molecule has 20 heavy (non-hydrogen) atoms. The van der Waals surface area contributed by atoms with Crippen LogP contribution in [0.1, 0.15) is 42.9 Å². The number of hydrogen-bond donors (Lipinski definition) is 1. The highest BCUT2D eigenvalue weighted by Crippen LogP contribution is 2.41. The van der Waals surface area contributed by atoms with E-state index in [1.165, 1.54) is 24.0 Å². The summed E-state index contributed by atoms with van der Waals surface area (Å²) in [5.41, 5.74) is 2.57. The first-order valence-corrected chi connectivity index (χ1v) is 9.39. The maximum Gasteiger partial charge on any atom is 0.151 e. The molecule has 1 aromatic rings. The van der Waals surface area contributed by atoms with Gasteiger partial charge in [-0.3, -0.25) is 0 Å². The van der Waals surface area contributed by atoms with Crippen LogP contribution < -0.4 is 5.32 Å². The van der Waals surface area contributed by atoms with E-state index >= 15 is 0 Å². The van der Waals surface area contributed by atoms with Crippen molar-refractivity contribution >= 4 is 9.84 Å². The smallest absolute Gasteiger partial charge is 0.151 e. The molecule has 2 aliphatic rings. The Morgan fingerprint density at radius 2 is 1.85 bits per heavy atom. The summed E-state index contributed by atoms with van der Waals surface area (Å²) in [6.45, 7) is 2.09. The van der Waals surface area contributed by atoms with E-state index in [9.17, 15) is 8.42 Å². The maximum atomic E-state index is 11.8. The minimum absolute atomic E-state index is 0.126. The minimum atomic E-state index is -2.83. The van der Waals surface area contributed by atoms with Gasteiger partial charge in [-0.25, -0.2) is 8.42 Å². The molecule has 3 nitrogen and oxygen atoms in total. The Morgan fingerprint density at radius 1 is 1.15 bits per heavy atom. The van der Waals surface area contributed by atoms with Crippen LogP contribution in [0.25, 0.3) is 0 Å². The van der Waals surface area contributed by atoms with E-state index in [1.54, 1.807) is 0 Å². The van der Waals surface area contributed by atoms with Crippen LogP contribution in [0.15, 0.2) is 24.3 Å². The van der Waals surface area contributed by atoms with Crippen molar-refractivity contribution in [2.75, 3.05) is 11.5 Å². The molecule has 110 valence electrons. The first kappa shape index (κ1) is 14.1. The van der Waals surface area contributed by atoms with Gasteiger partial charge in [-0.2, -0.15) is 0 Å². The summed E-state index contributed by atoms with van der Waals surface area (Å²) in [5, 5.41) is 3.63. The predicted molar refractivity (Wildman–Crippen MR) is 81.5 cm³/mol. The summed E-state index contributed by atoms with van der Waals surface area (Å²) in [5.74, 6) is 1.36. The Morgan fingerprint density at radius 3 is 2.45 bits per heavy atom. The largest absolute Gasteiger partial charge is 0.306 e. The zero-order valence-electron chi connectivity index (χ0n) is 12.0. The molecule has 1 aliphatic heterocycles. The van der Waals surface area contributed by atoms with Crippen molar-refractivity contribution in [2.24, 2.45) is 5.92 Å². The number of rotatable bonds is 4. The average molecular weight is 293 g/mol. The van der Waals surface area contributed by atoms with E-state index < -0.39 is 9.84 Å². The summed E-state index contributed by atoms with van der Waals surface area (Å²) in [7, 11) is -2.83. The number of benzene rings is 1. The molecule has 1 aromatic carbocycles. The van der Waals surface area contributed by atoms with Crippen LogP contribution in [0.4, 0.5) is 0 Å². The molecule has 1 N–H and O–H groups in total. The third-order valence-electron chi connectivity index (χ3n) is 4.41. The average Bonchev–Trinajstić information content (AvgIpc) is 3.20. The molecule has 1 saturated carbocycles. The lowest BCUT2D eigenvalue weighted by Crippen LogP contribution is -2.42. The molecule has 0 aromatic heterocycles. The number of aryl methyl sites for hydroxylation is 1. The van der Waals surface area contributed by atoms with Crippen LogP contribution in [0.5, 0.6) is 0 Å². The number of sulfone groups is 1. The molecule has 0 spiro atoms. The number of hydrogen-bond acceptors (Lipinski definition) is 3. The highest BCUT2D eigenvalue weighted by Gasteiger charge is 2.35. The second kappa shape index (κ2) is 5.49. The van der Waals surface area contributed by atoms with Gasteiger partial charge in [-0.05, 0) is 44.1 Å². The van der Waals surface area contributed by atoms with E-state index in [0.717, 1.165) is 12.8 Å². The van der Waals surface area contributed by atoms with Crippen LogP contribution in [0.3, 0.4) is 0 Å². The van der Waals surface area contributed by atoms with Crippen molar-refractivity contribution in [3.63, 3.8) is 0 Å². The third-order valence-corrected chi connectivity index (χ3v) is 6.23. The molecule has 0 radical (unpaired) electrons. The van der Waals surface area contributed by atoms with E-state index in [2.05, 4.69) is 36.5 Å². The Bertz CT molecular complexity index is 561. The maximum absolute atomic E-state index is 11.8. The van der Waals surface area contributed by atoms with Crippen LogP contribution >= 0.6 is 0 Å². The molecule has 1 heterocycles. The van der Waals surface area contributed by atoms with Crippen LogP contribution in [0.2, 0.25) is 0 Å². The van der Waals surface area contributed by atoms with Gasteiger partial charge >= 0.3 is 0 Å². The Labute approximate surface area is 121 Å². The van der Waals surface area contributed by atoms with Gasteiger partial charge in [-0.15, -0.1) is 0 Å². The fourth-order valence-corrected chi connectivity index (χ4v) is 4.77. The van der Waals surface area contributed by atoms with E-state index in [1.807, 2.05) is 0 Å². The second-order valence-electron chi connectivity index (χ2n) is 6.35. The lowest BCUT2D eigenvalue weighted by Gasteiger charge is -2.29. The SMILES string of the molecule is Cc1ccc(C(NC2CCCS(=O)(=O)C2)C2CC2)cc1. The fraction of sp³-hybridized carbons (Fsp3) is 0.625. The zero-order valence-corrected chi connectivity index (χ0v) is 12.8. The van der Waals surface area contributed by atoms with Gasteiger partial charge in [0.25, 0.3) is 0 Å². The van der Waals surface area contributed by atoms with Crippen LogP contribution in [-0.4, -0.2) is 26.0 Å². The fourth-order valence-electron chi connectivity index (χ4n) is 3.12. The molecule has 0 bridgehead atoms. The quantitative estimate of drug-likeness (QED) is 0.928. The second-order valence-corrected chi connectivity index (χ2v) is 8.57. The summed E-state index contributed by atoms with van der Waals surface area (Å²) >= 11 is 0. The molecular weight excluding hydrogens is 270 g/mol. The monoisotopic (exact) mass is 293 g/mol. The highest BCUT2D eigenvalue weighted by molar-refractivity contribution is 7.91. The van der Waals surface area contributed by atoms with Gasteiger partial charge in [0.05, 0.1) is 11.5 Å². The van der Waals surface area contributed by atoms with Gasteiger partial charge in [0.1, 0.15) is 0 Å². The van der Waals surface area contributed by atoms with Crippen molar-refractivity contribution in [2.45, 2.75) is 44.7 Å². The normalized spacial score (nSPS) is 27.1. The molecular formula is C16H23NO2S. The van der Waals surface area contributed by atoms with Gasteiger partial charge in [0.2, 0.25) is 0 Å². The minimum Gasteiger partial charge on any atom is -0.306 e. The van der Waals surface area contributed by atoms with Gasteiger partial charge in [-0.1, -0.05) is 29.8 Å². The van der Waals surface area contributed by atoms with Crippen molar-refractivity contribution in [1.29, 1.82) is 0 Å². The molecule has 3 rings (SSSR count). The van der Waals surface area contributed by atoms with Crippen LogP contribution in [-0.2, 0) is 9.84 Å². The zero-order chi connectivity index (χ0) is 14.2. The third kappa shape index (κ3) is 3.41. The highest BCUT2D eigenvalue weighted by atomic mass is 32.2. The molecule has 4 heteroatoms. The molecule has 2 unspecified atom stereocenters. The summed E-state index contributed by atoms with van der Waals surface area (Å²) in [4.78, 5) is 0. The summed E-state index contributed by atoms with van der Waals surface area (Å²) in [6.07, 6.45) is 4.29. The van der Waals surface area contributed by atoms with E-state index in [0.29, 0.717) is 23.5 Å². The van der Waals surface area contributed by atoms with Gasteiger partial charge in [0, 0.05) is 12.1 Å². The van der Waals surface area contributed by atoms with Crippen molar-refractivity contribution in [1.82, 2.24) is 5.32 Å². The molecule has 0 amide bonds. The first-order valence-electron chi connectivity index (χ1n) is 7.56. The number of nitrogens with one attached hydrogen (secondary N) is 1. The Hall–Kier alpha value is -0.870. The Kier molecular flexibility index (Phi) is 3.87. The van der Waals surface area contributed by atoms with E-state index in [4.69, 9.17) is 0 Å². The lowest BCUT2D eigenvalue weighted by molar-refractivity contribution is 0.393. The van der Waals surface area contributed by atoms with Gasteiger partial charge < -0.3 is 5.32 Å². The lowest BCUT2D eigenvalue weighted by atomic mass is 9.99. The standard InChI is InChI=1S/C16H23NO2S/c1-12-4-6-13(7-5-12)16(14-8-9-14)17-15-3-2-10-20(18,19)11-15/h4-7,14-17H,2-3,8-11H2,1H3. The molecule has 2 atom stereocenters. The summed E-state index contributed by atoms with van der Waals surface area (Å²) < 4.78 is 23.5. The van der Waals surface area contributed by atoms with Crippen molar-refractivity contribution in [3.05, 3.63) is 35.4 Å². The van der Waals surface area contributed by atoms with Gasteiger partial charge in [0.15, 0.2) is 9.84 Å².